The largest absolute Gasteiger partial charge is 0.368 e. The average molecular weight is 230 g/mol. The second-order valence-corrected chi connectivity index (χ2v) is 4.49. The second kappa shape index (κ2) is 8.50. The number of likely N-dealkylation sites (N-methyl/N-ethyl adjacent to an activating group) is 1. The van der Waals surface area contributed by atoms with E-state index < -0.39 is 0 Å². The maximum absolute atomic E-state index is 11.0. The van der Waals surface area contributed by atoms with Gasteiger partial charge in [0.2, 0.25) is 5.91 Å². The molecule has 96 valence electrons. The van der Waals surface area contributed by atoms with Crippen LogP contribution in [0.15, 0.2) is 0 Å². The molecule has 1 amide bonds. The van der Waals surface area contributed by atoms with Gasteiger partial charge in [-0.3, -0.25) is 4.79 Å². The van der Waals surface area contributed by atoms with Gasteiger partial charge in [-0.25, -0.2) is 0 Å². The van der Waals surface area contributed by atoms with Crippen molar-refractivity contribution in [3.05, 3.63) is 0 Å². The summed E-state index contributed by atoms with van der Waals surface area (Å²) < 4.78 is 0. The van der Waals surface area contributed by atoms with E-state index >= 15 is 0 Å². The molecule has 0 aromatic heterocycles. The van der Waals surface area contributed by atoms with Gasteiger partial charge in [-0.05, 0) is 60.7 Å². The minimum atomic E-state index is -0.274. The molecule has 3 N–H and O–H groups in total. The van der Waals surface area contributed by atoms with Gasteiger partial charge in [0.15, 0.2) is 0 Å². The second-order valence-electron chi connectivity index (χ2n) is 4.49. The summed E-state index contributed by atoms with van der Waals surface area (Å²) in [6, 6.07) is -0.212. The normalized spacial score (nSPS) is 13.4. The van der Waals surface area contributed by atoms with Crippen LogP contribution in [-0.4, -0.2) is 69.6 Å². The summed E-state index contributed by atoms with van der Waals surface area (Å²) in [5, 5.41) is 2.92. The van der Waals surface area contributed by atoms with Crippen LogP contribution in [0.4, 0.5) is 0 Å². The van der Waals surface area contributed by atoms with E-state index in [9.17, 15) is 4.79 Å². The van der Waals surface area contributed by atoms with Crippen LogP contribution in [0.1, 0.15) is 12.8 Å². The molecule has 0 rings (SSSR count). The third-order valence-electron chi connectivity index (χ3n) is 2.64. The Labute approximate surface area is 99.0 Å². The Hall–Kier alpha value is -0.650. The molecule has 5 heteroatoms. The molecular formula is C11H26N4O. The minimum Gasteiger partial charge on any atom is -0.368 e. The van der Waals surface area contributed by atoms with Crippen molar-refractivity contribution in [3.63, 3.8) is 0 Å². The highest BCUT2D eigenvalue weighted by Crippen LogP contribution is 1.95. The van der Waals surface area contributed by atoms with Gasteiger partial charge in [0.25, 0.3) is 0 Å². The third kappa shape index (κ3) is 7.62. The molecule has 0 aliphatic carbocycles. The Bertz CT molecular complexity index is 196. The van der Waals surface area contributed by atoms with Gasteiger partial charge in [-0.1, -0.05) is 0 Å². The maximum Gasteiger partial charge on any atom is 0.234 e. The first kappa shape index (κ1) is 15.3. The van der Waals surface area contributed by atoms with Crippen LogP contribution in [0.3, 0.4) is 0 Å². The molecule has 16 heavy (non-hydrogen) atoms. The highest BCUT2D eigenvalue weighted by molar-refractivity contribution is 5.79. The molecule has 0 aromatic carbocycles. The molecular weight excluding hydrogens is 204 g/mol. The Kier molecular flexibility index (Phi) is 8.15. The van der Waals surface area contributed by atoms with Gasteiger partial charge in [-0.2, -0.15) is 0 Å². The quantitative estimate of drug-likeness (QED) is 0.552. The first-order valence-corrected chi connectivity index (χ1v) is 5.77. The summed E-state index contributed by atoms with van der Waals surface area (Å²) in [4.78, 5) is 15.4. The van der Waals surface area contributed by atoms with Crippen LogP contribution in [0.5, 0.6) is 0 Å². The van der Waals surface area contributed by atoms with Crippen LogP contribution < -0.4 is 11.1 Å². The molecule has 0 aliphatic heterocycles. The molecule has 0 spiro atoms. The van der Waals surface area contributed by atoms with Crippen molar-refractivity contribution < 1.29 is 4.79 Å². The number of carbonyl (C=O) groups excluding carboxylic acids is 1. The zero-order valence-electron chi connectivity index (χ0n) is 11.0. The molecule has 0 saturated carbocycles. The fourth-order valence-corrected chi connectivity index (χ4v) is 1.55. The van der Waals surface area contributed by atoms with Gasteiger partial charge in [0.1, 0.15) is 0 Å². The SMILES string of the molecule is CNC(CCN(C)CCCN(C)C)C(N)=O. The highest BCUT2D eigenvalue weighted by atomic mass is 16.1. The van der Waals surface area contributed by atoms with E-state index in [-0.39, 0.29) is 11.9 Å². The molecule has 0 aliphatic rings. The van der Waals surface area contributed by atoms with Gasteiger partial charge in [0.05, 0.1) is 6.04 Å². The van der Waals surface area contributed by atoms with Crippen LogP contribution in [0.2, 0.25) is 0 Å². The van der Waals surface area contributed by atoms with E-state index in [1.54, 1.807) is 7.05 Å². The van der Waals surface area contributed by atoms with Crippen molar-refractivity contribution in [1.82, 2.24) is 15.1 Å². The lowest BCUT2D eigenvalue weighted by molar-refractivity contribution is -0.120. The van der Waals surface area contributed by atoms with E-state index in [0.717, 1.165) is 32.5 Å². The predicted octanol–water partition coefficient (Wildman–Crippen LogP) is -0.667. The molecule has 0 radical (unpaired) electrons. The van der Waals surface area contributed by atoms with Crippen molar-refractivity contribution >= 4 is 5.91 Å². The number of nitrogens with zero attached hydrogens (tertiary/aromatic N) is 2. The molecule has 0 bridgehead atoms. The molecule has 0 heterocycles. The summed E-state index contributed by atoms with van der Waals surface area (Å²) in [6.07, 6.45) is 1.91. The number of primary amides is 1. The summed E-state index contributed by atoms with van der Waals surface area (Å²) in [7, 11) is 7.99. The summed E-state index contributed by atoms with van der Waals surface area (Å²) in [5.74, 6) is -0.274. The Morgan fingerprint density at radius 2 is 1.88 bits per heavy atom. The van der Waals surface area contributed by atoms with Gasteiger partial charge < -0.3 is 20.9 Å². The van der Waals surface area contributed by atoms with Gasteiger partial charge in [0, 0.05) is 0 Å². The number of hydrogen-bond donors (Lipinski definition) is 2. The minimum absolute atomic E-state index is 0.212. The average Bonchev–Trinajstić information content (AvgIpc) is 2.17. The number of amides is 1. The molecule has 5 nitrogen and oxygen atoms in total. The standard InChI is InChI=1S/C11H26N4O/c1-13-10(11(12)16)6-9-15(4)8-5-7-14(2)3/h10,13H,5-9H2,1-4H3,(H2,12,16). The lowest BCUT2D eigenvalue weighted by Crippen LogP contribution is -2.41. The Morgan fingerprint density at radius 1 is 1.25 bits per heavy atom. The molecule has 0 saturated heterocycles. The van der Waals surface area contributed by atoms with Crippen LogP contribution in [-0.2, 0) is 4.79 Å². The molecule has 1 atom stereocenters. The van der Waals surface area contributed by atoms with E-state index in [1.165, 1.54) is 0 Å². The topological polar surface area (TPSA) is 61.6 Å². The fourth-order valence-electron chi connectivity index (χ4n) is 1.55. The molecule has 1 unspecified atom stereocenters. The zero-order valence-corrected chi connectivity index (χ0v) is 11.0. The van der Waals surface area contributed by atoms with Gasteiger partial charge >= 0.3 is 0 Å². The lowest BCUT2D eigenvalue weighted by atomic mass is 10.2. The number of hydrogen-bond acceptors (Lipinski definition) is 4. The van der Waals surface area contributed by atoms with Crippen LogP contribution >= 0.6 is 0 Å². The fraction of sp³-hybridized carbons (Fsp3) is 0.909. The first-order chi connectivity index (χ1) is 7.47. The summed E-state index contributed by atoms with van der Waals surface area (Å²) in [6.45, 7) is 3.03. The molecule has 0 aromatic rings. The maximum atomic E-state index is 11.0. The van der Waals surface area contributed by atoms with Gasteiger partial charge in [-0.15, -0.1) is 0 Å². The van der Waals surface area contributed by atoms with Crippen molar-refractivity contribution in [1.29, 1.82) is 0 Å². The van der Waals surface area contributed by atoms with Crippen molar-refractivity contribution in [2.75, 3.05) is 47.8 Å². The number of rotatable bonds is 9. The van der Waals surface area contributed by atoms with E-state index in [1.807, 2.05) is 0 Å². The van der Waals surface area contributed by atoms with Crippen molar-refractivity contribution in [3.8, 4) is 0 Å². The number of carbonyl (C=O) groups is 1. The van der Waals surface area contributed by atoms with Crippen molar-refractivity contribution in [2.24, 2.45) is 5.73 Å². The van der Waals surface area contributed by atoms with Crippen molar-refractivity contribution in [2.45, 2.75) is 18.9 Å². The predicted molar refractivity (Wildman–Crippen MR) is 67.3 cm³/mol. The van der Waals surface area contributed by atoms with E-state index in [0.29, 0.717) is 0 Å². The molecule has 0 fully saturated rings. The van der Waals surface area contributed by atoms with E-state index in [4.69, 9.17) is 5.73 Å². The van der Waals surface area contributed by atoms with Crippen LogP contribution in [0.25, 0.3) is 0 Å². The number of nitrogens with two attached hydrogens (primary N) is 1. The number of nitrogens with one attached hydrogen (secondary N) is 1. The van der Waals surface area contributed by atoms with E-state index in [2.05, 4.69) is 36.3 Å². The van der Waals surface area contributed by atoms with Crippen LogP contribution in [0, 0.1) is 0 Å². The lowest BCUT2D eigenvalue weighted by Gasteiger charge is -2.20. The third-order valence-corrected chi connectivity index (χ3v) is 2.64. The monoisotopic (exact) mass is 230 g/mol. The first-order valence-electron chi connectivity index (χ1n) is 5.77. The Balaban J connectivity index is 3.63. The smallest absolute Gasteiger partial charge is 0.234 e. The highest BCUT2D eigenvalue weighted by Gasteiger charge is 2.12. The Morgan fingerprint density at radius 3 is 2.31 bits per heavy atom. The zero-order chi connectivity index (χ0) is 12.6. The summed E-state index contributed by atoms with van der Waals surface area (Å²) in [5.41, 5.74) is 5.25. The summed E-state index contributed by atoms with van der Waals surface area (Å²) >= 11 is 0.